The first-order valence-electron chi connectivity index (χ1n) is 7.95. The van der Waals surface area contributed by atoms with Crippen LogP contribution in [-0.4, -0.2) is 23.1 Å². The maximum Gasteiger partial charge on any atom is 0.344 e. The van der Waals surface area contributed by atoms with E-state index < -0.39 is 18.0 Å². The van der Waals surface area contributed by atoms with E-state index in [1.807, 2.05) is 13.8 Å². The molecule has 0 bridgehead atoms. The summed E-state index contributed by atoms with van der Waals surface area (Å²) < 4.78 is 10.5. The third-order valence-electron chi connectivity index (χ3n) is 3.80. The summed E-state index contributed by atoms with van der Waals surface area (Å²) >= 11 is 6.04. The number of halogens is 1. The van der Waals surface area contributed by atoms with Gasteiger partial charge in [0.05, 0.1) is 5.69 Å². The highest BCUT2D eigenvalue weighted by Gasteiger charge is 2.27. The van der Waals surface area contributed by atoms with Gasteiger partial charge in [-0.2, -0.15) is 0 Å². The van der Waals surface area contributed by atoms with Crippen molar-refractivity contribution in [1.29, 1.82) is 0 Å². The van der Waals surface area contributed by atoms with E-state index in [1.165, 1.54) is 6.92 Å². The van der Waals surface area contributed by atoms with Crippen LogP contribution in [0.4, 0.5) is 5.69 Å². The number of nitrogens with zero attached hydrogens (tertiary/aromatic N) is 1. The molecule has 0 aliphatic rings. The molecule has 1 amide bonds. The van der Waals surface area contributed by atoms with Gasteiger partial charge in [0.25, 0.3) is 5.91 Å². The number of carbonyl (C=O) groups is 2. The van der Waals surface area contributed by atoms with Gasteiger partial charge < -0.3 is 14.6 Å². The Morgan fingerprint density at radius 2 is 1.92 bits per heavy atom. The van der Waals surface area contributed by atoms with Crippen molar-refractivity contribution < 1.29 is 18.8 Å². The van der Waals surface area contributed by atoms with Crippen molar-refractivity contribution >= 4 is 29.2 Å². The zero-order valence-corrected chi connectivity index (χ0v) is 15.6. The van der Waals surface area contributed by atoms with Gasteiger partial charge in [0.15, 0.2) is 11.9 Å². The Bertz CT molecular complexity index is 798. The van der Waals surface area contributed by atoms with Gasteiger partial charge in [-0.15, -0.1) is 0 Å². The zero-order valence-electron chi connectivity index (χ0n) is 14.8. The third-order valence-corrected chi connectivity index (χ3v) is 4.21. The SMILES string of the molecule is Cc1noc(C(C)C)c1C(=O)O[C@H](C)C(=O)Nc1cccc(Cl)c1C. The number of anilines is 1. The Morgan fingerprint density at radius 1 is 1.24 bits per heavy atom. The summed E-state index contributed by atoms with van der Waals surface area (Å²) in [5.41, 5.74) is 2.03. The van der Waals surface area contributed by atoms with Crippen molar-refractivity contribution in [3.63, 3.8) is 0 Å². The number of esters is 1. The van der Waals surface area contributed by atoms with E-state index in [2.05, 4.69) is 10.5 Å². The normalized spacial score (nSPS) is 12.1. The van der Waals surface area contributed by atoms with Gasteiger partial charge in [-0.05, 0) is 38.5 Å². The predicted molar refractivity (Wildman–Crippen MR) is 95.0 cm³/mol. The molecule has 0 saturated carbocycles. The Kier molecular flexibility index (Phi) is 5.85. The summed E-state index contributed by atoms with van der Waals surface area (Å²) in [6.45, 7) is 8.73. The summed E-state index contributed by atoms with van der Waals surface area (Å²) in [6, 6.07) is 5.20. The maximum absolute atomic E-state index is 12.4. The van der Waals surface area contributed by atoms with Crippen LogP contribution in [-0.2, 0) is 9.53 Å². The minimum absolute atomic E-state index is 0.0259. The first kappa shape index (κ1) is 19.0. The number of rotatable bonds is 5. The smallest absolute Gasteiger partial charge is 0.344 e. The van der Waals surface area contributed by atoms with Gasteiger partial charge in [-0.1, -0.05) is 36.7 Å². The first-order chi connectivity index (χ1) is 11.7. The molecule has 1 aromatic heterocycles. The molecule has 0 radical (unpaired) electrons. The van der Waals surface area contributed by atoms with Gasteiger partial charge in [-0.3, -0.25) is 4.79 Å². The van der Waals surface area contributed by atoms with Crippen LogP contribution < -0.4 is 5.32 Å². The molecule has 0 saturated heterocycles. The van der Waals surface area contributed by atoms with E-state index in [0.29, 0.717) is 22.2 Å². The van der Waals surface area contributed by atoms with Gasteiger partial charge in [0.2, 0.25) is 0 Å². The Balaban J connectivity index is 2.10. The van der Waals surface area contributed by atoms with Crippen molar-refractivity contribution in [3.05, 3.63) is 45.8 Å². The van der Waals surface area contributed by atoms with Crippen LogP contribution in [0, 0.1) is 13.8 Å². The van der Waals surface area contributed by atoms with Crippen LogP contribution in [0.15, 0.2) is 22.7 Å². The highest BCUT2D eigenvalue weighted by molar-refractivity contribution is 6.31. The molecule has 0 aliphatic carbocycles. The molecule has 0 aliphatic heterocycles. The average Bonchev–Trinajstić information content (AvgIpc) is 2.93. The van der Waals surface area contributed by atoms with Crippen LogP contribution in [0.25, 0.3) is 0 Å². The van der Waals surface area contributed by atoms with Crippen LogP contribution in [0.3, 0.4) is 0 Å². The minimum Gasteiger partial charge on any atom is -0.449 e. The standard InChI is InChI=1S/C18H21ClN2O4/c1-9(2)16-15(11(4)21-25-16)18(23)24-12(5)17(22)20-14-8-6-7-13(19)10(14)3/h6-9,12H,1-5H3,(H,20,22)/t12-/m1/s1. The Hall–Kier alpha value is -2.34. The predicted octanol–water partition coefficient (Wildman–Crippen LogP) is 4.25. The molecular formula is C18H21ClN2O4. The average molecular weight is 365 g/mol. The van der Waals surface area contributed by atoms with E-state index in [0.717, 1.165) is 5.56 Å². The van der Waals surface area contributed by atoms with E-state index in [-0.39, 0.29) is 11.5 Å². The van der Waals surface area contributed by atoms with Gasteiger partial charge in [0.1, 0.15) is 5.56 Å². The zero-order chi connectivity index (χ0) is 18.7. The molecular weight excluding hydrogens is 344 g/mol. The van der Waals surface area contributed by atoms with Crippen LogP contribution in [0.2, 0.25) is 5.02 Å². The number of nitrogens with one attached hydrogen (secondary N) is 1. The van der Waals surface area contributed by atoms with Gasteiger partial charge in [-0.25, -0.2) is 4.79 Å². The lowest BCUT2D eigenvalue weighted by molar-refractivity contribution is -0.123. The summed E-state index contributed by atoms with van der Waals surface area (Å²) in [5, 5.41) is 7.07. The molecule has 1 aromatic carbocycles. The lowest BCUT2D eigenvalue weighted by Crippen LogP contribution is -2.30. The first-order valence-corrected chi connectivity index (χ1v) is 8.33. The summed E-state index contributed by atoms with van der Waals surface area (Å²) in [4.78, 5) is 24.7. The maximum atomic E-state index is 12.4. The second-order valence-corrected chi connectivity index (χ2v) is 6.52. The second kappa shape index (κ2) is 7.70. The van der Waals surface area contributed by atoms with E-state index in [1.54, 1.807) is 32.0 Å². The molecule has 2 rings (SSSR count). The lowest BCUT2D eigenvalue weighted by Gasteiger charge is -2.15. The molecule has 7 heteroatoms. The molecule has 6 nitrogen and oxygen atoms in total. The van der Waals surface area contributed by atoms with E-state index in [4.69, 9.17) is 20.9 Å². The summed E-state index contributed by atoms with van der Waals surface area (Å²) in [6.07, 6.45) is -0.986. The molecule has 1 N–H and O–H groups in total. The number of benzene rings is 1. The molecule has 0 unspecified atom stereocenters. The number of ether oxygens (including phenoxy) is 1. The lowest BCUT2D eigenvalue weighted by atomic mass is 10.1. The fourth-order valence-electron chi connectivity index (χ4n) is 2.28. The number of amides is 1. The number of aryl methyl sites for hydroxylation is 1. The van der Waals surface area contributed by atoms with E-state index >= 15 is 0 Å². The molecule has 134 valence electrons. The number of carbonyl (C=O) groups excluding carboxylic acids is 2. The molecule has 25 heavy (non-hydrogen) atoms. The van der Waals surface area contributed by atoms with Crippen molar-refractivity contribution in [1.82, 2.24) is 5.16 Å². The van der Waals surface area contributed by atoms with E-state index in [9.17, 15) is 9.59 Å². The quantitative estimate of drug-likeness (QED) is 0.802. The molecule has 1 heterocycles. The fourth-order valence-corrected chi connectivity index (χ4v) is 2.45. The fraction of sp³-hybridized carbons (Fsp3) is 0.389. The topological polar surface area (TPSA) is 81.4 Å². The number of hydrogen-bond acceptors (Lipinski definition) is 5. The molecule has 0 fully saturated rings. The highest BCUT2D eigenvalue weighted by atomic mass is 35.5. The van der Waals surface area contributed by atoms with Crippen LogP contribution >= 0.6 is 11.6 Å². The van der Waals surface area contributed by atoms with Crippen molar-refractivity contribution in [2.75, 3.05) is 5.32 Å². The van der Waals surface area contributed by atoms with Gasteiger partial charge >= 0.3 is 5.97 Å². The monoisotopic (exact) mass is 364 g/mol. The molecule has 1 atom stereocenters. The number of hydrogen-bond donors (Lipinski definition) is 1. The summed E-state index contributed by atoms with van der Waals surface area (Å²) in [7, 11) is 0. The molecule has 0 spiro atoms. The van der Waals surface area contributed by atoms with Crippen molar-refractivity contribution in [2.45, 2.75) is 46.6 Å². The van der Waals surface area contributed by atoms with Crippen LogP contribution in [0.1, 0.15) is 54.1 Å². The van der Waals surface area contributed by atoms with Crippen LogP contribution in [0.5, 0.6) is 0 Å². The largest absolute Gasteiger partial charge is 0.449 e. The molecule has 2 aromatic rings. The minimum atomic E-state index is -0.986. The Labute approximate surface area is 151 Å². The Morgan fingerprint density at radius 3 is 2.56 bits per heavy atom. The van der Waals surface area contributed by atoms with Crippen molar-refractivity contribution in [2.24, 2.45) is 0 Å². The highest BCUT2D eigenvalue weighted by Crippen LogP contribution is 2.25. The van der Waals surface area contributed by atoms with Gasteiger partial charge in [0, 0.05) is 16.6 Å². The number of aromatic nitrogens is 1. The van der Waals surface area contributed by atoms with Crippen molar-refractivity contribution in [3.8, 4) is 0 Å². The third kappa shape index (κ3) is 4.20. The summed E-state index contributed by atoms with van der Waals surface area (Å²) in [5.74, 6) is -0.658. The second-order valence-electron chi connectivity index (χ2n) is 6.11.